The van der Waals surface area contributed by atoms with Crippen LogP contribution in [0.15, 0.2) is 47.3 Å². The number of rotatable bonds is 4. The second-order valence-corrected chi connectivity index (χ2v) is 8.27. The minimum atomic E-state index is -0.564. The molecule has 2 unspecified atom stereocenters. The average molecular weight is 370 g/mol. The Morgan fingerprint density at radius 3 is 2.88 bits per heavy atom. The molecule has 0 saturated heterocycles. The van der Waals surface area contributed by atoms with E-state index in [1.165, 1.54) is 27.3 Å². The molecule has 25 heavy (non-hydrogen) atoms. The topological polar surface area (TPSA) is 51.2 Å². The van der Waals surface area contributed by atoms with E-state index in [0.717, 1.165) is 5.75 Å². The number of methoxy groups -OCH3 is 1. The van der Waals surface area contributed by atoms with Crippen LogP contribution < -0.4 is 10.1 Å². The number of hydrogen-bond donors (Lipinski definition) is 1. The van der Waals surface area contributed by atoms with Crippen molar-refractivity contribution in [2.45, 2.75) is 19.3 Å². The average Bonchev–Trinajstić information content (AvgIpc) is 3.33. The molecule has 128 valence electrons. The van der Waals surface area contributed by atoms with Gasteiger partial charge in [0.15, 0.2) is 5.13 Å². The molecule has 2 aromatic heterocycles. The van der Waals surface area contributed by atoms with Gasteiger partial charge in [-0.05, 0) is 48.1 Å². The number of ether oxygens (including phenoxy) is 1. The molecule has 1 N–H and O–H groups in total. The van der Waals surface area contributed by atoms with E-state index in [0.29, 0.717) is 11.6 Å². The minimum absolute atomic E-state index is 0.0102. The van der Waals surface area contributed by atoms with Crippen molar-refractivity contribution < 1.29 is 9.53 Å². The van der Waals surface area contributed by atoms with Crippen molar-refractivity contribution in [2.75, 3.05) is 12.4 Å². The number of thiophene rings is 1. The third kappa shape index (κ3) is 2.75. The van der Waals surface area contributed by atoms with Gasteiger partial charge in [0.1, 0.15) is 5.75 Å². The number of nitrogens with zero attached hydrogens (tertiary/aromatic N) is 1. The van der Waals surface area contributed by atoms with Crippen molar-refractivity contribution in [3.63, 3.8) is 0 Å². The maximum absolute atomic E-state index is 13.2. The first-order valence-corrected chi connectivity index (χ1v) is 9.79. The molecular weight excluding hydrogens is 352 g/mol. The molecular formula is C19H18N2O2S2. The van der Waals surface area contributed by atoms with Crippen LogP contribution in [0.3, 0.4) is 0 Å². The fourth-order valence-electron chi connectivity index (χ4n) is 3.63. The van der Waals surface area contributed by atoms with Gasteiger partial charge in [0.25, 0.3) is 0 Å². The molecule has 4 nitrogen and oxygen atoms in total. The molecule has 0 radical (unpaired) electrons. The van der Waals surface area contributed by atoms with Crippen LogP contribution in [0.4, 0.5) is 5.13 Å². The van der Waals surface area contributed by atoms with E-state index in [-0.39, 0.29) is 11.8 Å². The maximum atomic E-state index is 13.2. The largest absolute Gasteiger partial charge is 0.497 e. The summed E-state index contributed by atoms with van der Waals surface area (Å²) in [6.07, 6.45) is 2.40. The zero-order valence-electron chi connectivity index (χ0n) is 14.0. The number of amides is 1. The molecule has 2 atom stereocenters. The molecule has 1 aliphatic rings. The van der Waals surface area contributed by atoms with Crippen LogP contribution in [0.5, 0.6) is 5.75 Å². The van der Waals surface area contributed by atoms with Gasteiger partial charge in [-0.1, -0.05) is 12.1 Å². The molecule has 0 fully saturated rings. The van der Waals surface area contributed by atoms with Crippen molar-refractivity contribution >= 4 is 33.7 Å². The molecule has 0 spiro atoms. The van der Waals surface area contributed by atoms with Gasteiger partial charge in [0.2, 0.25) is 5.91 Å². The van der Waals surface area contributed by atoms with Crippen molar-refractivity contribution in [3.8, 4) is 5.75 Å². The standard InChI is InChI=1S/C19H18N2O2S2/c1-19(17(22)21-18-20-7-9-25-18)11-12-5-6-13(23-2)10-14(12)16(19)15-4-3-8-24-15/h3-10,16H,11H2,1-2H3,(H,20,21,22). The van der Waals surface area contributed by atoms with E-state index < -0.39 is 5.41 Å². The fraction of sp³-hybridized carbons (Fsp3) is 0.263. The van der Waals surface area contributed by atoms with Crippen LogP contribution in [-0.4, -0.2) is 18.0 Å². The highest BCUT2D eigenvalue weighted by Gasteiger charge is 2.49. The van der Waals surface area contributed by atoms with E-state index in [4.69, 9.17) is 4.74 Å². The number of carbonyl (C=O) groups excluding carboxylic acids is 1. The number of nitrogens with one attached hydrogen (secondary N) is 1. The Morgan fingerprint density at radius 2 is 2.20 bits per heavy atom. The Labute approximate surface area is 154 Å². The summed E-state index contributed by atoms with van der Waals surface area (Å²) < 4.78 is 5.41. The lowest BCUT2D eigenvalue weighted by Gasteiger charge is -2.29. The molecule has 0 bridgehead atoms. The third-order valence-electron chi connectivity index (χ3n) is 4.86. The first kappa shape index (κ1) is 16.3. The summed E-state index contributed by atoms with van der Waals surface area (Å²) in [4.78, 5) is 18.6. The number of aromatic nitrogens is 1. The Bertz CT molecular complexity index is 890. The van der Waals surface area contributed by atoms with E-state index in [9.17, 15) is 4.79 Å². The zero-order chi connectivity index (χ0) is 17.4. The zero-order valence-corrected chi connectivity index (χ0v) is 15.6. The lowest BCUT2D eigenvalue weighted by atomic mass is 9.76. The molecule has 1 aromatic carbocycles. The number of benzene rings is 1. The van der Waals surface area contributed by atoms with Gasteiger partial charge in [0.05, 0.1) is 12.5 Å². The second-order valence-electron chi connectivity index (χ2n) is 6.40. The molecule has 0 aliphatic heterocycles. The smallest absolute Gasteiger partial charge is 0.233 e. The summed E-state index contributed by atoms with van der Waals surface area (Å²) in [5, 5.41) is 7.57. The summed E-state index contributed by atoms with van der Waals surface area (Å²) in [6, 6.07) is 10.3. The normalized spacial score (nSPS) is 21.8. The van der Waals surface area contributed by atoms with Gasteiger partial charge < -0.3 is 10.1 Å². The summed E-state index contributed by atoms with van der Waals surface area (Å²) in [5.74, 6) is 0.846. The highest BCUT2D eigenvalue weighted by molar-refractivity contribution is 7.13. The van der Waals surface area contributed by atoms with Gasteiger partial charge in [-0.15, -0.1) is 22.7 Å². The molecule has 3 aromatic rings. The van der Waals surface area contributed by atoms with Crippen molar-refractivity contribution in [2.24, 2.45) is 5.41 Å². The van der Waals surface area contributed by atoms with E-state index in [2.05, 4.69) is 33.9 Å². The van der Waals surface area contributed by atoms with Crippen molar-refractivity contribution in [1.29, 1.82) is 0 Å². The van der Waals surface area contributed by atoms with Gasteiger partial charge >= 0.3 is 0 Å². The van der Waals surface area contributed by atoms with Crippen LogP contribution in [-0.2, 0) is 11.2 Å². The first-order valence-electron chi connectivity index (χ1n) is 8.03. The summed E-state index contributed by atoms with van der Waals surface area (Å²) >= 11 is 3.13. The highest BCUT2D eigenvalue weighted by Crippen LogP contribution is 2.53. The fourth-order valence-corrected chi connectivity index (χ4v) is 5.15. The molecule has 4 rings (SSSR count). The quantitative estimate of drug-likeness (QED) is 0.733. The molecule has 1 aliphatic carbocycles. The number of thiazole rings is 1. The van der Waals surface area contributed by atoms with Gasteiger partial charge in [-0.2, -0.15) is 0 Å². The Balaban J connectivity index is 1.77. The maximum Gasteiger partial charge on any atom is 0.233 e. The number of anilines is 1. The minimum Gasteiger partial charge on any atom is -0.497 e. The Hall–Kier alpha value is -2.18. The Morgan fingerprint density at radius 1 is 1.32 bits per heavy atom. The van der Waals surface area contributed by atoms with Crippen LogP contribution in [0.2, 0.25) is 0 Å². The lowest BCUT2D eigenvalue weighted by Crippen LogP contribution is -2.37. The van der Waals surface area contributed by atoms with Gasteiger partial charge in [0, 0.05) is 22.4 Å². The van der Waals surface area contributed by atoms with Gasteiger partial charge in [-0.3, -0.25) is 4.79 Å². The van der Waals surface area contributed by atoms with Crippen molar-refractivity contribution in [1.82, 2.24) is 4.98 Å². The second kappa shape index (κ2) is 6.28. The number of hydrogen-bond acceptors (Lipinski definition) is 5. The van der Waals surface area contributed by atoms with Crippen LogP contribution in [0.1, 0.15) is 28.8 Å². The summed E-state index contributed by atoms with van der Waals surface area (Å²) in [6.45, 7) is 2.05. The molecule has 6 heteroatoms. The molecule has 1 amide bonds. The molecule has 2 heterocycles. The monoisotopic (exact) mass is 370 g/mol. The number of fused-ring (bicyclic) bond motifs is 1. The SMILES string of the molecule is COc1ccc2c(c1)C(c1cccs1)C(C)(C(=O)Nc1nccs1)C2. The van der Waals surface area contributed by atoms with Crippen LogP contribution >= 0.6 is 22.7 Å². The van der Waals surface area contributed by atoms with E-state index >= 15 is 0 Å². The van der Waals surface area contributed by atoms with Crippen molar-refractivity contribution in [3.05, 3.63) is 63.3 Å². The molecule has 0 saturated carbocycles. The van der Waals surface area contributed by atoms with Gasteiger partial charge in [-0.25, -0.2) is 4.98 Å². The lowest BCUT2D eigenvalue weighted by molar-refractivity contribution is -0.125. The first-order chi connectivity index (χ1) is 12.1. The number of carbonyl (C=O) groups is 1. The van der Waals surface area contributed by atoms with E-state index in [1.54, 1.807) is 24.6 Å². The third-order valence-corrected chi connectivity index (χ3v) is 6.48. The predicted molar refractivity (Wildman–Crippen MR) is 102 cm³/mol. The summed E-state index contributed by atoms with van der Waals surface area (Å²) in [7, 11) is 1.67. The predicted octanol–water partition coefficient (Wildman–Crippen LogP) is 4.55. The van der Waals surface area contributed by atoms with Crippen LogP contribution in [0.25, 0.3) is 0 Å². The van der Waals surface area contributed by atoms with Crippen LogP contribution in [0, 0.1) is 5.41 Å². The summed E-state index contributed by atoms with van der Waals surface area (Å²) in [5.41, 5.74) is 1.82. The van der Waals surface area contributed by atoms with E-state index in [1.807, 2.05) is 24.4 Å². The Kier molecular flexibility index (Phi) is 4.09. The highest BCUT2D eigenvalue weighted by atomic mass is 32.1.